The number of aromatic nitrogens is 1. The lowest BCUT2D eigenvalue weighted by atomic mass is 10.1. The van der Waals surface area contributed by atoms with Crippen LogP contribution in [0.5, 0.6) is 0 Å². The molecule has 1 heterocycles. The fourth-order valence-electron chi connectivity index (χ4n) is 2.56. The van der Waals surface area contributed by atoms with Gasteiger partial charge in [0.1, 0.15) is 6.04 Å². The highest BCUT2D eigenvalue weighted by atomic mass is 35.5. The van der Waals surface area contributed by atoms with E-state index in [0.29, 0.717) is 5.02 Å². The van der Waals surface area contributed by atoms with Gasteiger partial charge in [-0.25, -0.2) is 4.79 Å². The standard InChI is InChI=1S/C18H17ClN2O2/c1-11(18(22)23-2)20-16-10-14(19)8-13-9-15(21-17(13)16)12-6-4-3-5-7-12/h3-11,20-21H,1-2H3. The molecule has 3 aromatic rings. The predicted molar refractivity (Wildman–Crippen MR) is 93.8 cm³/mol. The number of ether oxygens (including phenoxy) is 1. The molecule has 0 bridgehead atoms. The number of fused-ring (bicyclic) bond motifs is 1. The number of anilines is 1. The normalized spacial score (nSPS) is 12.1. The van der Waals surface area contributed by atoms with E-state index in [9.17, 15) is 4.79 Å². The summed E-state index contributed by atoms with van der Waals surface area (Å²) < 4.78 is 4.76. The average Bonchev–Trinajstić information content (AvgIpc) is 2.98. The van der Waals surface area contributed by atoms with Crippen molar-refractivity contribution >= 4 is 34.2 Å². The lowest BCUT2D eigenvalue weighted by Gasteiger charge is -2.14. The summed E-state index contributed by atoms with van der Waals surface area (Å²) in [6, 6.07) is 15.3. The highest BCUT2D eigenvalue weighted by molar-refractivity contribution is 6.32. The van der Waals surface area contributed by atoms with Crippen molar-refractivity contribution in [1.29, 1.82) is 0 Å². The Balaban J connectivity index is 2.04. The van der Waals surface area contributed by atoms with Gasteiger partial charge in [-0.15, -0.1) is 0 Å². The number of esters is 1. The molecule has 4 nitrogen and oxygen atoms in total. The molecular formula is C18H17ClN2O2. The third-order valence-electron chi connectivity index (χ3n) is 3.70. The molecule has 2 aromatic carbocycles. The maximum atomic E-state index is 11.6. The number of methoxy groups -OCH3 is 1. The van der Waals surface area contributed by atoms with Gasteiger partial charge < -0.3 is 15.0 Å². The van der Waals surface area contributed by atoms with Crippen molar-refractivity contribution in [1.82, 2.24) is 4.98 Å². The fourth-order valence-corrected chi connectivity index (χ4v) is 2.79. The Morgan fingerprint density at radius 3 is 2.65 bits per heavy atom. The average molecular weight is 329 g/mol. The first-order chi connectivity index (χ1) is 11.1. The third kappa shape index (κ3) is 3.17. The lowest BCUT2D eigenvalue weighted by molar-refractivity contribution is -0.141. The van der Waals surface area contributed by atoms with E-state index < -0.39 is 6.04 Å². The Morgan fingerprint density at radius 1 is 1.22 bits per heavy atom. The van der Waals surface area contributed by atoms with E-state index in [1.165, 1.54) is 7.11 Å². The first kappa shape index (κ1) is 15.4. The van der Waals surface area contributed by atoms with Crippen LogP contribution in [0.1, 0.15) is 6.92 Å². The maximum Gasteiger partial charge on any atom is 0.327 e. The quantitative estimate of drug-likeness (QED) is 0.695. The Hall–Kier alpha value is -2.46. The van der Waals surface area contributed by atoms with Crippen LogP contribution in [0.2, 0.25) is 5.02 Å². The summed E-state index contributed by atoms with van der Waals surface area (Å²) in [6.45, 7) is 1.75. The third-order valence-corrected chi connectivity index (χ3v) is 3.92. The van der Waals surface area contributed by atoms with Crippen molar-refractivity contribution in [3.63, 3.8) is 0 Å². The number of halogens is 1. The van der Waals surface area contributed by atoms with Crippen molar-refractivity contribution in [2.45, 2.75) is 13.0 Å². The van der Waals surface area contributed by atoms with Crippen LogP contribution < -0.4 is 5.32 Å². The summed E-state index contributed by atoms with van der Waals surface area (Å²) in [5.41, 5.74) is 3.76. The van der Waals surface area contributed by atoms with Gasteiger partial charge in [-0.2, -0.15) is 0 Å². The van der Waals surface area contributed by atoms with E-state index in [2.05, 4.69) is 10.3 Å². The van der Waals surface area contributed by atoms with Crippen LogP contribution in [0.3, 0.4) is 0 Å². The molecule has 0 aliphatic rings. The number of nitrogens with one attached hydrogen (secondary N) is 2. The SMILES string of the molecule is COC(=O)C(C)Nc1cc(Cl)cc2cc(-c3ccccc3)[nH]c12. The van der Waals surface area contributed by atoms with E-state index in [1.807, 2.05) is 42.5 Å². The van der Waals surface area contributed by atoms with Crippen LogP contribution in [0, 0.1) is 0 Å². The summed E-state index contributed by atoms with van der Waals surface area (Å²) >= 11 is 6.21. The molecule has 3 rings (SSSR count). The Bertz CT molecular complexity index is 843. The molecule has 0 saturated carbocycles. The molecule has 0 aliphatic carbocycles. The fraction of sp³-hybridized carbons (Fsp3) is 0.167. The second kappa shape index (κ2) is 6.34. The van der Waals surface area contributed by atoms with Gasteiger partial charge in [0.25, 0.3) is 0 Å². The zero-order valence-corrected chi connectivity index (χ0v) is 13.6. The molecule has 2 N–H and O–H groups in total. The highest BCUT2D eigenvalue weighted by Gasteiger charge is 2.16. The first-order valence-electron chi connectivity index (χ1n) is 7.30. The van der Waals surface area contributed by atoms with Gasteiger partial charge in [0.05, 0.1) is 18.3 Å². The molecule has 118 valence electrons. The van der Waals surface area contributed by atoms with Crippen LogP contribution in [0.4, 0.5) is 5.69 Å². The predicted octanol–water partition coefficient (Wildman–Crippen LogP) is 4.46. The second-order valence-corrected chi connectivity index (χ2v) is 5.79. The van der Waals surface area contributed by atoms with Gasteiger partial charge in [-0.3, -0.25) is 0 Å². The number of aromatic amines is 1. The molecule has 0 radical (unpaired) electrons. The van der Waals surface area contributed by atoms with Crippen LogP contribution in [0.25, 0.3) is 22.2 Å². The Kier molecular flexibility index (Phi) is 4.26. The minimum absolute atomic E-state index is 0.326. The van der Waals surface area contributed by atoms with Crippen LogP contribution >= 0.6 is 11.6 Å². The van der Waals surface area contributed by atoms with Crippen LogP contribution in [-0.2, 0) is 9.53 Å². The second-order valence-electron chi connectivity index (χ2n) is 5.36. The Labute approximate surface area is 139 Å². The van der Waals surface area contributed by atoms with E-state index >= 15 is 0 Å². The van der Waals surface area contributed by atoms with Crippen molar-refractivity contribution in [2.75, 3.05) is 12.4 Å². The van der Waals surface area contributed by atoms with Gasteiger partial charge in [-0.1, -0.05) is 41.9 Å². The van der Waals surface area contributed by atoms with E-state index in [0.717, 1.165) is 27.8 Å². The summed E-state index contributed by atoms with van der Waals surface area (Å²) in [5.74, 6) is -0.326. The number of hydrogen-bond donors (Lipinski definition) is 2. The zero-order chi connectivity index (χ0) is 16.4. The largest absolute Gasteiger partial charge is 0.467 e. The number of benzene rings is 2. The summed E-state index contributed by atoms with van der Waals surface area (Å²) in [6.07, 6.45) is 0. The van der Waals surface area contributed by atoms with Crippen molar-refractivity contribution in [3.05, 3.63) is 53.6 Å². The monoisotopic (exact) mass is 328 g/mol. The highest BCUT2D eigenvalue weighted by Crippen LogP contribution is 2.32. The minimum atomic E-state index is -0.467. The lowest BCUT2D eigenvalue weighted by Crippen LogP contribution is -2.27. The number of rotatable bonds is 4. The number of carbonyl (C=O) groups excluding carboxylic acids is 1. The molecule has 0 saturated heterocycles. The molecule has 1 atom stereocenters. The molecule has 0 spiro atoms. The number of H-pyrrole nitrogens is 1. The van der Waals surface area contributed by atoms with Crippen LogP contribution in [0.15, 0.2) is 48.5 Å². The van der Waals surface area contributed by atoms with Gasteiger partial charge in [0.2, 0.25) is 0 Å². The zero-order valence-electron chi connectivity index (χ0n) is 12.9. The molecule has 1 aromatic heterocycles. The van der Waals surface area contributed by atoms with Gasteiger partial charge >= 0.3 is 5.97 Å². The number of carbonyl (C=O) groups is 1. The van der Waals surface area contributed by atoms with Crippen molar-refractivity contribution < 1.29 is 9.53 Å². The summed E-state index contributed by atoms with van der Waals surface area (Å²) in [4.78, 5) is 15.0. The smallest absolute Gasteiger partial charge is 0.327 e. The molecule has 0 fully saturated rings. The van der Waals surface area contributed by atoms with Crippen LogP contribution in [-0.4, -0.2) is 24.1 Å². The van der Waals surface area contributed by atoms with Gasteiger partial charge in [0, 0.05) is 16.1 Å². The maximum absolute atomic E-state index is 11.6. The summed E-state index contributed by atoms with van der Waals surface area (Å²) in [7, 11) is 1.37. The van der Waals surface area contributed by atoms with E-state index in [-0.39, 0.29) is 5.97 Å². The molecule has 0 amide bonds. The van der Waals surface area contributed by atoms with Gasteiger partial charge in [0.15, 0.2) is 0 Å². The van der Waals surface area contributed by atoms with Crippen molar-refractivity contribution in [3.8, 4) is 11.3 Å². The van der Waals surface area contributed by atoms with Crippen molar-refractivity contribution in [2.24, 2.45) is 0 Å². The van der Waals surface area contributed by atoms with E-state index in [1.54, 1.807) is 13.0 Å². The number of hydrogen-bond acceptors (Lipinski definition) is 3. The van der Waals surface area contributed by atoms with E-state index in [4.69, 9.17) is 16.3 Å². The topological polar surface area (TPSA) is 54.1 Å². The molecule has 1 unspecified atom stereocenters. The Morgan fingerprint density at radius 2 is 1.96 bits per heavy atom. The van der Waals surface area contributed by atoms with Gasteiger partial charge in [-0.05, 0) is 30.7 Å². The molecular weight excluding hydrogens is 312 g/mol. The molecule has 23 heavy (non-hydrogen) atoms. The minimum Gasteiger partial charge on any atom is -0.467 e. The summed E-state index contributed by atoms with van der Waals surface area (Å²) in [5, 5.41) is 4.74. The molecule has 0 aliphatic heterocycles. The first-order valence-corrected chi connectivity index (χ1v) is 7.68. The molecule has 5 heteroatoms.